The molecule has 1 aliphatic carbocycles. The highest BCUT2D eigenvalue weighted by Crippen LogP contribution is 2.39. The molecule has 1 aliphatic rings. The first-order valence-corrected chi connectivity index (χ1v) is 9.91. The molecule has 0 aliphatic heterocycles. The monoisotopic (exact) mass is 370 g/mol. The average molecular weight is 370 g/mol. The van der Waals surface area contributed by atoms with E-state index in [0.29, 0.717) is 16.1 Å². The first kappa shape index (κ1) is 16.7. The average Bonchev–Trinajstić information content (AvgIpc) is 3.37. The molecule has 3 N–H and O–H groups in total. The van der Waals surface area contributed by atoms with Gasteiger partial charge in [0, 0.05) is 16.6 Å². The summed E-state index contributed by atoms with van der Waals surface area (Å²) < 4.78 is 26.1. The van der Waals surface area contributed by atoms with Gasteiger partial charge in [0.05, 0.1) is 4.90 Å². The van der Waals surface area contributed by atoms with Crippen LogP contribution in [0.2, 0.25) is 0 Å². The van der Waals surface area contributed by atoms with Crippen LogP contribution in [0.25, 0.3) is 10.9 Å². The van der Waals surface area contributed by atoms with Gasteiger partial charge in [0.25, 0.3) is 0 Å². The summed E-state index contributed by atoms with van der Waals surface area (Å²) in [6, 6.07) is 15.3. The number of fused-ring (bicyclic) bond motifs is 1. The molecule has 0 saturated heterocycles. The Balaban J connectivity index is 1.67. The molecule has 3 aromatic rings. The van der Waals surface area contributed by atoms with E-state index in [2.05, 4.69) is 10.3 Å². The third-order valence-electron chi connectivity index (χ3n) is 4.62. The lowest BCUT2D eigenvalue weighted by Crippen LogP contribution is -2.31. The number of carbonyl (C=O) groups is 1. The van der Waals surface area contributed by atoms with Crippen LogP contribution in [0.3, 0.4) is 0 Å². The zero-order chi connectivity index (χ0) is 18.3. The van der Waals surface area contributed by atoms with Gasteiger partial charge in [0.15, 0.2) is 9.84 Å². The van der Waals surface area contributed by atoms with Gasteiger partial charge >= 0.3 is 5.97 Å². The van der Waals surface area contributed by atoms with Gasteiger partial charge in [-0.1, -0.05) is 18.2 Å². The number of carboxylic acids is 1. The van der Waals surface area contributed by atoms with Crippen molar-refractivity contribution in [2.24, 2.45) is 5.92 Å². The SMILES string of the molecule is O=C(O)c1cc2cc(NC(C3CC3)S(=O)(=O)c3ccccc3)ccc2[nH]1. The molecule has 1 aromatic heterocycles. The van der Waals surface area contributed by atoms with Crippen molar-refractivity contribution in [2.45, 2.75) is 23.1 Å². The number of carboxylic acid groups (broad SMARTS) is 1. The molecule has 2 aromatic carbocycles. The van der Waals surface area contributed by atoms with Crippen LogP contribution in [0.5, 0.6) is 0 Å². The van der Waals surface area contributed by atoms with Gasteiger partial charge in [0.2, 0.25) is 0 Å². The molecular weight excluding hydrogens is 352 g/mol. The quantitative estimate of drug-likeness (QED) is 0.617. The third kappa shape index (κ3) is 3.06. The summed E-state index contributed by atoms with van der Waals surface area (Å²) in [6.07, 6.45) is 1.75. The number of sulfone groups is 1. The molecule has 1 heterocycles. The Morgan fingerprint density at radius 3 is 2.50 bits per heavy atom. The van der Waals surface area contributed by atoms with E-state index < -0.39 is 21.2 Å². The van der Waals surface area contributed by atoms with E-state index in [0.717, 1.165) is 18.2 Å². The lowest BCUT2D eigenvalue weighted by molar-refractivity contribution is 0.0691. The van der Waals surface area contributed by atoms with E-state index in [4.69, 9.17) is 5.11 Å². The van der Waals surface area contributed by atoms with Crippen LogP contribution in [-0.2, 0) is 9.84 Å². The van der Waals surface area contributed by atoms with Crippen molar-refractivity contribution in [1.82, 2.24) is 4.98 Å². The van der Waals surface area contributed by atoms with Crippen molar-refractivity contribution < 1.29 is 18.3 Å². The van der Waals surface area contributed by atoms with E-state index in [1.54, 1.807) is 54.6 Å². The van der Waals surface area contributed by atoms with Crippen LogP contribution in [0.4, 0.5) is 5.69 Å². The van der Waals surface area contributed by atoms with Crippen molar-refractivity contribution in [3.63, 3.8) is 0 Å². The number of rotatable bonds is 6. The molecule has 134 valence electrons. The maximum absolute atomic E-state index is 13.0. The summed E-state index contributed by atoms with van der Waals surface area (Å²) in [5, 5.41) is 12.3. The topological polar surface area (TPSA) is 99.3 Å². The lowest BCUT2D eigenvalue weighted by Gasteiger charge is -2.20. The number of hydrogen-bond acceptors (Lipinski definition) is 4. The van der Waals surface area contributed by atoms with Crippen LogP contribution < -0.4 is 5.32 Å². The van der Waals surface area contributed by atoms with Gasteiger partial charge < -0.3 is 15.4 Å². The van der Waals surface area contributed by atoms with Crippen molar-refractivity contribution in [2.75, 3.05) is 5.32 Å². The molecule has 0 spiro atoms. The highest BCUT2D eigenvalue weighted by atomic mass is 32.2. The van der Waals surface area contributed by atoms with Gasteiger partial charge in [-0.15, -0.1) is 0 Å². The maximum Gasteiger partial charge on any atom is 0.352 e. The minimum Gasteiger partial charge on any atom is -0.477 e. The second kappa shape index (κ2) is 6.17. The molecular formula is C19H18N2O4S. The number of benzene rings is 2. The van der Waals surface area contributed by atoms with Crippen molar-refractivity contribution in [3.05, 3.63) is 60.3 Å². The molecule has 1 fully saturated rings. The predicted octanol–water partition coefficient (Wildman–Crippen LogP) is 3.49. The summed E-state index contributed by atoms with van der Waals surface area (Å²) in [5.74, 6) is -0.949. The number of anilines is 1. The van der Waals surface area contributed by atoms with E-state index >= 15 is 0 Å². The Hall–Kier alpha value is -2.80. The van der Waals surface area contributed by atoms with Crippen LogP contribution in [0.15, 0.2) is 59.5 Å². The Morgan fingerprint density at radius 1 is 1.12 bits per heavy atom. The molecule has 6 nitrogen and oxygen atoms in total. The Bertz CT molecular complexity index is 1070. The van der Waals surface area contributed by atoms with Gasteiger partial charge in [-0.3, -0.25) is 0 Å². The van der Waals surface area contributed by atoms with Crippen LogP contribution in [0.1, 0.15) is 23.3 Å². The fourth-order valence-electron chi connectivity index (χ4n) is 3.11. The second-order valence-electron chi connectivity index (χ2n) is 6.55. The van der Waals surface area contributed by atoms with Gasteiger partial charge in [-0.25, -0.2) is 13.2 Å². The van der Waals surface area contributed by atoms with E-state index in [1.165, 1.54) is 0 Å². The molecule has 4 rings (SSSR count). The van der Waals surface area contributed by atoms with Crippen molar-refractivity contribution in [3.8, 4) is 0 Å². The fourth-order valence-corrected chi connectivity index (χ4v) is 5.01. The Kier molecular flexibility index (Phi) is 3.96. The van der Waals surface area contributed by atoms with Crippen LogP contribution in [0, 0.1) is 5.92 Å². The molecule has 0 amide bonds. The van der Waals surface area contributed by atoms with E-state index in [1.807, 2.05) is 0 Å². The largest absolute Gasteiger partial charge is 0.477 e. The fraction of sp³-hybridized carbons (Fsp3) is 0.211. The van der Waals surface area contributed by atoms with E-state index in [9.17, 15) is 13.2 Å². The molecule has 7 heteroatoms. The normalized spacial score (nSPS) is 15.7. The maximum atomic E-state index is 13.0. The Morgan fingerprint density at radius 2 is 1.85 bits per heavy atom. The summed E-state index contributed by atoms with van der Waals surface area (Å²) >= 11 is 0. The molecule has 26 heavy (non-hydrogen) atoms. The summed E-state index contributed by atoms with van der Waals surface area (Å²) in [5.41, 5.74) is 1.46. The smallest absolute Gasteiger partial charge is 0.352 e. The van der Waals surface area contributed by atoms with Gasteiger partial charge in [0.1, 0.15) is 11.1 Å². The summed E-state index contributed by atoms with van der Waals surface area (Å²) in [6.45, 7) is 0. The molecule has 1 atom stereocenters. The number of aromatic carboxylic acids is 1. The number of hydrogen-bond donors (Lipinski definition) is 3. The summed E-state index contributed by atoms with van der Waals surface area (Å²) in [4.78, 5) is 14.2. The zero-order valence-corrected chi connectivity index (χ0v) is 14.7. The molecule has 1 saturated carbocycles. The minimum atomic E-state index is -3.51. The highest BCUT2D eigenvalue weighted by molar-refractivity contribution is 7.92. The van der Waals surface area contributed by atoms with Crippen molar-refractivity contribution >= 4 is 32.4 Å². The second-order valence-corrected chi connectivity index (χ2v) is 8.62. The third-order valence-corrected chi connectivity index (χ3v) is 6.72. The first-order valence-electron chi connectivity index (χ1n) is 8.37. The number of nitrogens with one attached hydrogen (secondary N) is 2. The number of aromatic amines is 1. The predicted molar refractivity (Wildman–Crippen MR) is 99.0 cm³/mol. The number of H-pyrrole nitrogens is 1. The Labute approximate surface area is 150 Å². The zero-order valence-electron chi connectivity index (χ0n) is 13.8. The van der Waals surface area contributed by atoms with Gasteiger partial charge in [-0.2, -0.15) is 0 Å². The molecule has 1 unspecified atom stereocenters. The summed E-state index contributed by atoms with van der Waals surface area (Å²) in [7, 11) is -3.51. The standard InChI is InChI=1S/C19H18N2O4S/c22-19(23)17-11-13-10-14(8-9-16(13)21-17)20-18(12-6-7-12)26(24,25)15-4-2-1-3-5-15/h1-5,8-12,18,20-21H,6-7H2,(H,22,23). The van der Waals surface area contributed by atoms with Gasteiger partial charge in [-0.05, 0) is 55.2 Å². The lowest BCUT2D eigenvalue weighted by atomic mass is 10.2. The van der Waals surface area contributed by atoms with Crippen LogP contribution in [-0.4, -0.2) is 29.9 Å². The molecule has 0 bridgehead atoms. The first-order chi connectivity index (χ1) is 12.4. The highest BCUT2D eigenvalue weighted by Gasteiger charge is 2.40. The van der Waals surface area contributed by atoms with Crippen LogP contribution >= 0.6 is 0 Å². The molecule has 0 radical (unpaired) electrons. The number of aromatic nitrogens is 1. The van der Waals surface area contributed by atoms with Crippen molar-refractivity contribution in [1.29, 1.82) is 0 Å². The van der Waals surface area contributed by atoms with E-state index in [-0.39, 0.29) is 11.6 Å². The minimum absolute atomic E-state index is 0.0803.